The van der Waals surface area contributed by atoms with Crippen LogP contribution in [0.1, 0.15) is 31.7 Å². The highest BCUT2D eigenvalue weighted by Gasteiger charge is 2.28. The third-order valence-electron chi connectivity index (χ3n) is 5.25. The lowest BCUT2D eigenvalue weighted by Crippen LogP contribution is -2.36. The predicted molar refractivity (Wildman–Crippen MR) is 111 cm³/mol. The lowest BCUT2D eigenvalue weighted by molar-refractivity contribution is -0.384. The Morgan fingerprint density at radius 2 is 1.77 bits per heavy atom. The number of carbonyl (C=O) groups is 2. The second-order valence-electron chi connectivity index (χ2n) is 7.46. The number of carboxylic acid groups (broad SMARTS) is 1. The van der Waals surface area contributed by atoms with Gasteiger partial charge in [-0.05, 0) is 49.9 Å². The maximum Gasteiger partial charge on any atom is 0.306 e. The third-order valence-corrected chi connectivity index (χ3v) is 5.25. The summed E-state index contributed by atoms with van der Waals surface area (Å²) < 4.78 is 5.87. The van der Waals surface area contributed by atoms with Crippen molar-refractivity contribution >= 4 is 23.1 Å². The Hall–Kier alpha value is -3.42. The van der Waals surface area contributed by atoms with Crippen LogP contribution in [0.25, 0.3) is 0 Å². The number of ether oxygens (including phenoxy) is 1. The van der Waals surface area contributed by atoms with Crippen LogP contribution >= 0.6 is 0 Å². The number of hydrogen-bond acceptors (Lipinski definition) is 6. The molecule has 1 N–H and O–H groups in total. The number of Topliss-reactive ketones (excluding diaryl/α,β-unsaturated/α-hetero) is 1. The summed E-state index contributed by atoms with van der Waals surface area (Å²) in [5.41, 5.74) is 1.43. The summed E-state index contributed by atoms with van der Waals surface area (Å²) in [5, 5.41) is 20.6. The fraction of sp³-hybridized carbons (Fsp3) is 0.364. The second kappa shape index (κ2) is 9.39. The van der Waals surface area contributed by atoms with Crippen LogP contribution in [0.4, 0.5) is 11.4 Å². The maximum absolute atomic E-state index is 11.5. The molecule has 0 atom stereocenters. The summed E-state index contributed by atoms with van der Waals surface area (Å²) in [4.78, 5) is 35.2. The van der Waals surface area contributed by atoms with Gasteiger partial charge in [0, 0.05) is 31.6 Å². The normalized spacial score (nSPS) is 14.4. The van der Waals surface area contributed by atoms with Gasteiger partial charge in [-0.25, -0.2) is 0 Å². The molecule has 0 radical (unpaired) electrons. The average molecular weight is 412 g/mol. The molecule has 0 saturated carbocycles. The van der Waals surface area contributed by atoms with Crippen molar-refractivity contribution < 1.29 is 24.4 Å². The largest absolute Gasteiger partial charge is 0.481 e. The Balaban J connectivity index is 1.75. The number of benzene rings is 2. The standard InChI is InChI=1S/C22H24N2O6/c1-15(25)2-3-16-4-6-18(7-5-16)30-19-8-9-20(24(28)29)21(14-19)23-12-10-17(11-13-23)22(26)27/h4-9,14,17H,2-3,10-13H2,1H3,(H,26,27). The predicted octanol–water partition coefficient (Wildman–Crippen LogP) is 4.21. The van der Waals surface area contributed by atoms with Gasteiger partial charge >= 0.3 is 5.97 Å². The Bertz CT molecular complexity index is 933. The number of nitrogens with zero attached hydrogens (tertiary/aromatic N) is 2. The lowest BCUT2D eigenvalue weighted by atomic mass is 9.96. The highest BCUT2D eigenvalue weighted by Crippen LogP contribution is 2.36. The van der Waals surface area contributed by atoms with E-state index in [-0.39, 0.29) is 11.5 Å². The van der Waals surface area contributed by atoms with Crippen molar-refractivity contribution in [1.82, 2.24) is 0 Å². The Morgan fingerprint density at radius 1 is 1.13 bits per heavy atom. The molecule has 1 saturated heterocycles. The summed E-state index contributed by atoms with van der Waals surface area (Å²) in [6, 6.07) is 12.0. The molecule has 30 heavy (non-hydrogen) atoms. The van der Waals surface area contributed by atoms with Gasteiger partial charge in [-0.2, -0.15) is 0 Å². The van der Waals surface area contributed by atoms with E-state index in [1.807, 2.05) is 17.0 Å². The Labute approximate surface area is 174 Å². The zero-order valence-electron chi connectivity index (χ0n) is 16.7. The monoisotopic (exact) mass is 412 g/mol. The van der Waals surface area contributed by atoms with E-state index < -0.39 is 16.8 Å². The number of anilines is 1. The number of ketones is 1. The molecular weight excluding hydrogens is 388 g/mol. The van der Waals surface area contributed by atoms with Crippen molar-refractivity contribution in [2.75, 3.05) is 18.0 Å². The number of hydrogen-bond donors (Lipinski definition) is 1. The van der Waals surface area contributed by atoms with Gasteiger partial charge in [-0.1, -0.05) is 12.1 Å². The molecule has 3 rings (SSSR count). The fourth-order valence-electron chi connectivity index (χ4n) is 3.52. The fourth-order valence-corrected chi connectivity index (χ4v) is 3.52. The molecule has 2 aromatic carbocycles. The summed E-state index contributed by atoms with van der Waals surface area (Å²) in [6.45, 7) is 2.44. The molecular formula is C22H24N2O6. The summed E-state index contributed by atoms with van der Waals surface area (Å²) >= 11 is 0. The van der Waals surface area contributed by atoms with E-state index in [1.54, 1.807) is 31.2 Å². The molecule has 2 aromatic rings. The molecule has 8 heteroatoms. The van der Waals surface area contributed by atoms with E-state index in [9.17, 15) is 19.7 Å². The van der Waals surface area contributed by atoms with Crippen molar-refractivity contribution in [3.05, 3.63) is 58.1 Å². The first-order valence-electron chi connectivity index (χ1n) is 9.86. The van der Waals surface area contributed by atoms with Crippen molar-refractivity contribution in [1.29, 1.82) is 0 Å². The van der Waals surface area contributed by atoms with Gasteiger partial charge in [0.15, 0.2) is 0 Å². The molecule has 0 aromatic heterocycles. The van der Waals surface area contributed by atoms with Crippen LogP contribution in [0.15, 0.2) is 42.5 Å². The highest BCUT2D eigenvalue weighted by atomic mass is 16.6. The average Bonchev–Trinajstić information content (AvgIpc) is 2.73. The van der Waals surface area contributed by atoms with Gasteiger partial charge in [-0.3, -0.25) is 14.9 Å². The first-order valence-corrected chi connectivity index (χ1v) is 9.86. The minimum atomic E-state index is -0.826. The summed E-state index contributed by atoms with van der Waals surface area (Å²) in [7, 11) is 0. The molecule has 0 unspecified atom stereocenters. The van der Waals surface area contributed by atoms with Crippen molar-refractivity contribution in [2.45, 2.75) is 32.6 Å². The van der Waals surface area contributed by atoms with Crippen LogP contribution in [-0.2, 0) is 16.0 Å². The van der Waals surface area contributed by atoms with E-state index >= 15 is 0 Å². The van der Waals surface area contributed by atoms with Gasteiger partial charge in [0.25, 0.3) is 5.69 Å². The number of nitro groups is 1. The summed E-state index contributed by atoms with van der Waals surface area (Å²) in [5.74, 6) is -0.0474. The van der Waals surface area contributed by atoms with Crippen molar-refractivity contribution in [3.8, 4) is 11.5 Å². The molecule has 8 nitrogen and oxygen atoms in total. The van der Waals surface area contributed by atoms with Gasteiger partial charge in [-0.15, -0.1) is 0 Å². The molecule has 1 heterocycles. The quantitative estimate of drug-likeness (QED) is 0.511. The smallest absolute Gasteiger partial charge is 0.306 e. The number of piperidine rings is 1. The number of rotatable bonds is 8. The van der Waals surface area contributed by atoms with Crippen LogP contribution < -0.4 is 9.64 Å². The lowest BCUT2D eigenvalue weighted by Gasteiger charge is -2.31. The number of carboxylic acids is 1. The number of nitro benzene ring substituents is 1. The number of carbonyl (C=O) groups excluding carboxylic acids is 1. The molecule has 1 fully saturated rings. The van der Waals surface area contributed by atoms with E-state index in [0.29, 0.717) is 56.0 Å². The number of aryl methyl sites for hydroxylation is 1. The zero-order valence-corrected chi connectivity index (χ0v) is 16.7. The minimum absolute atomic E-state index is 0.0318. The SMILES string of the molecule is CC(=O)CCc1ccc(Oc2ccc([N+](=O)[O-])c(N3CCC(C(=O)O)CC3)c2)cc1. The molecule has 0 bridgehead atoms. The van der Waals surface area contributed by atoms with Gasteiger partial charge in [0.2, 0.25) is 0 Å². The molecule has 0 amide bonds. The molecule has 0 aliphatic carbocycles. The Morgan fingerprint density at radius 3 is 2.33 bits per heavy atom. The van der Waals surface area contributed by atoms with Gasteiger partial charge < -0.3 is 19.5 Å². The van der Waals surface area contributed by atoms with Crippen molar-refractivity contribution in [2.24, 2.45) is 5.92 Å². The van der Waals surface area contributed by atoms with Crippen LogP contribution in [0.5, 0.6) is 11.5 Å². The van der Waals surface area contributed by atoms with Crippen LogP contribution in [0.2, 0.25) is 0 Å². The third kappa shape index (κ3) is 5.34. The van der Waals surface area contributed by atoms with E-state index in [4.69, 9.17) is 9.84 Å². The molecule has 1 aliphatic rings. The molecule has 0 spiro atoms. The maximum atomic E-state index is 11.5. The minimum Gasteiger partial charge on any atom is -0.481 e. The van der Waals surface area contributed by atoms with E-state index in [1.165, 1.54) is 6.07 Å². The second-order valence-corrected chi connectivity index (χ2v) is 7.46. The molecule has 158 valence electrons. The van der Waals surface area contributed by atoms with E-state index in [2.05, 4.69) is 0 Å². The van der Waals surface area contributed by atoms with Crippen LogP contribution in [0, 0.1) is 16.0 Å². The topological polar surface area (TPSA) is 110 Å². The number of aliphatic carboxylic acids is 1. The zero-order chi connectivity index (χ0) is 21.7. The molecule has 1 aliphatic heterocycles. The summed E-state index contributed by atoms with van der Waals surface area (Å²) in [6.07, 6.45) is 2.05. The van der Waals surface area contributed by atoms with E-state index in [0.717, 1.165) is 5.56 Å². The van der Waals surface area contributed by atoms with Crippen LogP contribution in [0.3, 0.4) is 0 Å². The Kier molecular flexibility index (Phi) is 6.66. The first kappa shape index (κ1) is 21.3. The van der Waals surface area contributed by atoms with Crippen molar-refractivity contribution in [3.63, 3.8) is 0 Å². The van der Waals surface area contributed by atoms with Gasteiger partial charge in [0.1, 0.15) is 23.0 Å². The van der Waals surface area contributed by atoms with Crippen LogP contribution in [-0.4, -0.2) is 34.9 Å². The first-order chi connectivity index (χ1) is 14.3. The van der Waals surface area contributed by atoms with Gasteiger partial charge in [0.05, 0.1) is 10.8 Å². The highest BCUT2D eigenvalue weighted by molar-refractivity contribution is 5.75.